The van der Waals surface area contributed by atoms with E-state index in [0.717, 1.165) is 49.4 Å². The van der Waals surface area contributed by atoms with Crippen LogP contribution in [-0.4, -0.2) is 41.7 Å². The van der Waals surface area contributed by atoms with Gasteiger partial charge in [0.15, 0.2) is 6.61 Å². The van der Waals surface area contributed by atoms with Gasteiger partial charge in [-0.3, -0.25) is 9.69 Å². The maximum Gasteiger partial charge on any atom is 0.258 e. The van der Waals surface area contributed by atoms with Crippen molar-refractivity contribution in [2.75, 3.05) is 19.7 Å². The summed E-state index contributed by atoms with van der Waals surface area (Å²) in [6.45, 7) is 2.42. The van der Waals surface area contributed by atoms with E-state index in [1.807, 2.05) is 60.7 Å². The zero-order valence-electron chi connectivity index (χ0n) is 17.9. The number of nitrogens with zero attached hydrogens (tertiary/aromatic N) is 1. The number of carbonyl (C=O) groups excluding carboxylic acids is 1. The number of hydrogen-bond acceptors (Lipinski definition) is 5. The fraction of sp³-hybridized carbons (Fsp3) is 0.346. The number of aliphatic hydroxyl groups is 1. The van der Waals surface area contributed by atoms with Crippen LogP contribution in [-0.2, 0) is 16.8 Å². The van der Waals surface area contributed by atoms with Crippen molar-refractivity contribution in [1.82, 2.24) is 10.2 Å². The van der Waals surface area contributed by atoms with Gasteiger partial charge in [-0.2, -0.15) is 0 Å². The monoisotopic (exact) mass is 432 g/mol. The number of likely N-dealkylation sites (tertiary alicyclic amines) is 1. The molecule has 1 aromatic heterocycles. The number of hydrogen-bond donors (Lipinski definition) is 2. The molecular weight excluding hydrogens is 404 g/mol. The van der Waals surface area contributed by atoms with Gasteiger partial charge < -0.3 is 19.6 Å². The standard InChI is InChI=1S/C26H28N2O4/c29-23(18-32-19-7-2-1-3-8-19)27-24-21-10-4-5-11-22(21)26(25(24)30)12-14-28(15-13-26)17-20-9-6-16-31-20/h1-11,16,24-25,30H,12-15,17-18H2,(H,27,29)/t24-,25+/m0/s1. The summed E-state index contributed by atoms with van der Waals surface area (Å²) in [5, 5.41) is 14.5. The van der Waals surface area contributed by atoms with Crippen LogP contribution in [0.25, 0.3) is 0 Å². The second-order valence-electron chi connectivity index (χ2n) is 8.69. The van der Waals surface area contributed by atoms with E-state index in [1.54, 1.807) is 6.26 Å². The van der Waals surface area contributed by atoms with Gasteiger partial charge in [-0.1, -0.05) is 42.5 Å². The molecule has 0 radical (unpaired) electrons. The lowest BCUT2D eigenvalue weighted by atomic mass is 9.72. The number of carbonyl (C=O) groups is 1. The Balaban J connectivity index is 1.28. The fourth-order valence-electron chi connectivity index (χ4n) is 5.21. The molecule has 32 heavy (non-hydrogen) atoms. The predicted molar refractivity (Wildman–Crippen MR) is 120 cm³/mol. The first-order valence-electron chi connectivity index (χ1n) is 11.2. The topological polar surface area (TPSA) is 74.9 Å². The largest absolute Gasteiger partial charge is 0.484 e. The molecule has 0 saturated carbocycles. The zero-order valence-corrected chi connectivity index (χ0v) is 17.9. The zero-order chi connectivity index (χ0) is 22.0. The van der Waals surface area contributed by atoms with E-state index in [4.69, 9.17) is 9.15 Å². The molecule has 1 saturated heterocycles. The van der Waals surface area contributed by atoms with Crippen molar-refractivity contribution >= 4 is 5.91 Å². The highest BCUT2D eigenvalue weighted by molar-refractivity contribution is 5.78. The quantitative estimate of drug-likeness (QED) is 0.624. The van der Waals surface area contributed by atoms with E-state index in [0.29, 0.717) is 5.75 Å². The number of rotatable bonds is 6. The predicted octanol–water partition coefficient (Wildman–Crippen LogP) is 3.42. The number of fused-ring (bicyclic) bond motifs is 2. The number of ether oxygens (including phenoxy) is 1. The van der Waals surface area contributed by atoms with Crippen LogP contribution in [0.1, 0.15) is 35.8 Å². The first-order valence-corrected chi connectivity index (χ1v) is 11.2. The Bertz CT molecular complexity index is 1040. The van der Waals surface area contributed by atoms with Gasteiger partial charge in [-0.25, -0.2) is 0 Å². The van der Waals surface area contributed by atoms with Crippen LogP contribution < -0.4 is 10.1 Å². The van der Waals surface area contributed by atoms with Crippen molar-refractivity contribution < 1.29 is 19.1 Å². The average Bonchev–Trinajstić information content (AvgIpc) is 3.42. The van der Waals surface area contributed by atoms with Crippen molar-refractivity contribution in [3.05, 3.63) is 89.9 Å². The van der Waals surface area contributed by atoms with Crippen molar-refractivity contribution in [3.63, 3.8) is 0 Å². The van der Waals surface area contributed by atoms with E-state index >= 15 is 0 Å². The van der Waals surface area contributed by atoms with Crippen molar-refractivity contribution in [1.29, 1.82) is 0 Å². The first-order chi connectivity index (χ1) is 15.7. The molecular formula is C26H28N2O4. The van der Waals surface area contributed by atoms with Gasteiger partial charge in [-0.05, 0) is 61.3 Å². The van der Waals surface area contributed by atoms with E-state index in [1.165, 1.54) is 0 Å². The van der Waals surface area contributed by atoms with E-state index in [2.05, 4.69) is 16.3 Å². The van der Waals surface area contributed by atoms with Crippen LogP contribution in [0.2, 0.25) is 0 Å². The molecule has 2 aromatic carbocycles. The molecule has 0 bridgehead atoms. The SMILES string of the molecule is O=C(COc1ccccc1)N[C@H]1c2ccccc2C2(CCN(Cc3ccco3)CC2)[C@@H]1O. The Labute approximate surface area is 187 Å². The summed E-state index contributed by atoms with van der Waals surface area (Å²) in [6, 6.07) is 20.8. The molecule has 2 aliphatic rings. The van der Waals surface area contributed by atoms with E-state index < -0.39 is 12.1 Å². The summed E-state index contributed by atoms with van der Waals surface area (Å²) >= 11 is 0. The summed E-state index contributed by atoms with van der Waals surface area (Å²) in [4.78, 5) is 15.0. The molecule has 1 spiro atoms. The lowest BCUT2D eigenvalue weighted by Crippen LogP contribution is -2.49. The Hall–Kier alpha value is -3.09. The summed E-state index contributed by atoms with van der Waals surface area (Å²) in [7, 11) is 0. The Morgan fingerprint density at radius 3 is 2.56 bits per heavy atom. The highest BCUT2D eigenvalue weighted by Gasteiger charge is 2.52. The third-order valence-electron chi connectivity index (χ3n) is 6.85. The van der Waals surface area contributed by atoms with Crippen molar-refractivity contribution in [2.24, 2.45) is 0 Å². The number of nitrogens with one attached hydrogen (secondary N) is 1. The summed E-state index contributed by atoms with van der Waals surface area (Å²) in [5.41, 5.74) is 1.81. The molecule has 6 nitrogen and oxygen atoms in total. The summed E-state index contributed by atoms with van der Waals surface area (Å²) in [6.07, 6.45) is 2.69. The molecule has 0 unspecified atom stereocenters. The number of furan rings is 1. The molecule has 2 atom stereocenters. The molecule has 1 amide bonds. The minimum Gasteiger partial charge on any atom is -0.484 e. The van der Waals surface area contributed by atoms with Gasteiger partial charge in [0.1, 0.15) is 11.5 Å². The van der Waals surface area contributed by atoms with Gasteiger partial charge in [0.2, 0.25) is 0 Å². The number of benzene rings is 2. The van der Waals surface area contributed by atoms with Crippen LogP contribution in [0.5, 0.6) is 5.75 Å². The van der Waals surface area contributed by atoms with Gasteiger partial charge in [0.05, 0.1) is 25.0 Å². The molecule has 1 aliphatic heterocycles. The number of amides is 1. The lowest BCUT2D eigenvalue weighted by Gasteiger charge is -2.42. The minimum absolute atomic E-state index is 0.0840. The van der Waals surface area contributed by atoms with Gasteiger partial charge in [0.25, 0.3) is 5.91 Å². The van der Waals surface area contributed by atoms with Crippen LogP contribution in [0.15, 0.2) is 77.4 Å². The second-order valence-corrected chi connectivity index (χ2v) is 8.69. The lowest BCUT2D eigenvalue weighted by molar-refractivity contribution is -0.125. The van der Waals surface area contributed by atoms with Gasteiger partial charge >= 0.3 is 0 Å². The third kappa shape index (κ3) is 3.92. The summed E-state index contributed by atoms with van der Waals surface area (Å²) in [5.74, 6) is 1.37. The molecule has 1 aliphatic carbocycles. The average molecular weight is 433 g/mol. The molecule has 6 heteroatoms. The summed E-state index contributed by atoms with van der Waals surface area (Å²) < 4.78 is 11.1. The molecule has 2 N–H and O–H groups in total. The van der Waals surface area contributed by atoms with Crippen molar-refractivity contribution in [3.8, 4) is 5.75 Å². The molecule has 166 valence electrons. The third-order valence-corrected chi connectivity index (χ3v) is 6.85. The highest BCUT2D eigenvalue weighted by atomic mass is 16.5. The van der Waals surface area contributed by atoms with Crippen LogP contribution in [0.3, 0.4) is 0 Å². The van der Waals surface area contributed by atoms with Crippen molar-refractivity contribution in [2.45, 2.75) is 36.9 Å². The van der Waals surface area contributed by atoms with Gasteiger partial charge in [-0.15, -0.1) is 0 Å². The minimum atomic E-state index is -0.675. The molecule has 1 fully saturated rings. The number of piperidine rings is 1. The number of aliphatic hydroxyl groups excluding tert-OH is 1. The second kappa shape index (κ2) is 8.81. The maximum atomic E-state index is 12.7. The van der Waals surface area contributed by atoms with E-state index in [9.17, 15) is 9.90 Å². The van der Waals surface area contributed by atoms with Gasteiger partial charge in [0, 0.05) is 5.41 Å². The number of para-hydroxylation sites is 1. The first kappa shape index (κ1) is 20.8. The Kier molecular flexibility index (Phi) is 5.72. The molecule has 2 heterocycles. The smallest absolute Gasteiger partial charge is 0.258 e. The maximum absolute atomic E-state index is 12.7. The Morgan fingerprint density at radius 2 is 1.81 bits per heavy atom. The van der Waals surface area contributed by atoms with Crippen LogP contribution in [0.4, 0.5) is 0 Å². The molecule has 5 rings (SSSR count). The fourth-order valence-corrected chi connectivity index (χ4v) is 5.21. The highest BCUT2D eigenvalue weighted by Crippen LogP contribution is 2.51. The molecule has 3 aromatic rings. The van der Waals surface area contributed by atoms with Crippen LogP contribution >= 0.6 is 0 Å². The van der Waals surface area contributed by atoms with E-state index in [-0.39, 0.29) is 17.9 Å². The van der Waals surface area contributed by atoms with Crippen LogP contribution in [0, 0.1) is 0 Å². The Morgan fingerprint density at radius 1 is 1.06 bits per heavy atom. The normalized spacial score (nSPS) is 21.9.